The Balaban J connectivity index is 2.05. The fourth-order valence-corrected chi connectivity index (χ4v) is 4.10. The maximum Gasteiger partial charge on any atom is 0.0110 e. The minimum atomic E-state index is 0.483. The molecule has 3 rings (SSSR count). The first kappa shape index (κ1) is 8.81. The van der Waals surface area contributed by atoms with Crippen molar-refractivity contribution in [2.24, 2.45) is 11.7 Å². The molecule has 1 nitrogen and oxygen atoms in total. The molecule has 0 radical (unpaired) electrons. The largest absolute Gasteiger partial charge is 0.330 e. The molecule has 2 N–H and O–H groups in total. The third kappa shape index (κ3) is 1.07. The maximum absolute atomic E-state index is 5.79. The van der Waals surface area contributed by atoms with E-state index in [1.165, 1.54) is 23.5 Å². The summed E-state index contributed by atoms with van der Waals surface area (Å²) in [7, 11) is 0. The highest BCUT2D eigenvalue weighted by Crippen LogP contribution is 2.60. The van der Waals surface area contributed by atoms with Crippen LogP contribution >= 0.6 is 11.8 Å². The van der Waals surface area contributed by atoms with Crippen LogP contribution in [0, 0.1) is 5.92 Å². The maximum atomic E-state index is 5.79. The van der Waals surface area contributed by atoms with Gasteiger partial charge in [-0.2, -0.15) is 0 Å². The lowest BCUT2D eigenvalue weighted by Crippen LogP contribution is -2.20. The van der Waals surface area contributed by atoms with Gasteiger partial charge in [0.05, 0.1) is 0 Å². The van der Waals surface area contributed by atoms with E-state index in [2.05, 4.69) is 24.3 Å². The van der Waals surface area contributed by atoms with Gasteiger partial charge in [0.2, 0.25) is 0 Å². The van der Waals surface area contributed by atoms with Crippen LogP contribution in [0.4, 0.5) is 0 Å². The average Bonchev–Trinajstić information content (AvgIpc) is 2.94. The van der Waals surface area contributed by atoms with Crippen LogP contribution in [0.15, 0.2) is 29.2 Å². The van der Waals surface area contributed by atoms with Crippen molar-refractivity contribution in [2.75, 3.05) is 12.3 Å². The number of thioether (sulfide) groups is 1. The minimum Gasteiger partial charge on any atom is -0.330 e. The molecular formula is C12H15NS. The lowest BCUT2D eigenvalue weighted by atomic mass is 9.90. The molecule has 1 spiro atoms. The van der Waals surface area contributed by atoms with Gasteiger partial charge in [0.15, 0.2) is 0 Å². The zero-order valence-electron chi connectivity index (χ0n) is 8.20. The van der Waals surface area contributed by atoms with Crippen LogP contribution < -0.4 is 5.73 Å². The summed E-state index contributed by atoms with van der Waals surface area (Å²) in [5.41, 5.74) is 7.85. The first-order valence-electron chi connectivity index (χ1n) is 5.29. The lowest BCUT2D eigenvalue weighted by molar-refractivity contribution is 0.574. The summed E-state index contributed by atoms with van der Waals surface area (Å²) in [6, 6.07) is 8.87. The van der Waals surface area contributed by atoms with E-state index in [1.54, 1.807) is 5.56 Å². The summed E-state index contributed by atoms with van der Waals surface area (Å²) in [5.74, 6) is 2.03. The Hall–Kier alpha value is -0.470. The van der Waals surface area contributed by atoms with Gasteiger partial charge in [0.1, 0.15) is 0 Å². The smallest absolute Gasteiger partial charge is 0.0110 e. The summed E-state index contributed by atoms with van der Waals surface area (Å²) >= 11 is 2.00. The third-order valence-corrected chi connectivity index (χ3v) is 4.82. The van der Waals surface area contributed by atoms with Gasteiger partial charge >= 0.3 is 0 Å². The topological polar surface area (TPSA) is 26.0 Å². The molecular weight excluding hydrogens is 190 g/mol. The molecule has 1 fully saturated rings. The van der Waals surface area contributed by atoms with Gasteiger partial charge in [-0.1, -0.05) is 18.2 Å². The Bertz CT molecular complexity index is 363. The Labute approximate surface area is 89.1 Å². The average molecular weight is 205 g/mol. The van der Waals surface area contributed by atoms with Gasteiger partial charge in [-0.05, 0) is 42.7 Å². The van der Waals surface area contributed by atoms with Crippen molar-refractivity contribution in [3.8, 4) is 0 Å². The second-order valence-electron chi connectivity index (χ2n) is 4.39. The standard InChI is InChI=1S/C12H15NS/c13-8-9-7-12(9)5-6-14-11-4-2-1-3-10(11)12/h1-4,9H,5-8,13H2. The summed E-state index contributed by atoms with van der Waals surface area (Å²) in [6.07, 6.45) is 2.65. The molecule has 2 aliphatic rings. The number of rotatable bonds is 1. The monoisotopic (exact) mass is 205 g/mol. The van der Waals surface area contributed by atoms with E-state index in [1.807, 2.05) is 11.8 Å². The van der Waals surface area contributed by atoms with Crippen LogP contribution in [0.3, 0.4) is 0 Å². The van der Waals surface area contributed by atoms with Crippen molar-refractivity contribution in [1.29, 1.82) is 0 Å². The van der Waals surface area contributed by atoms with Gasteiger partial charge in [-0.25, -0.2) is 0 Å². The molecule has 74 valence electrons. The predicted molar refractivity (Wildman–Crippen MR) is 60.6 cm³/mol. The second kappa shape index (κ2) is 3.01. The lowest BCUT2D eigenvalue weighted by Gasteiger charge is -2.25. The van der Waals surface area contributed by atoms with Crippen molar-refractivity contribution >= 4 is 11.8 Å². The highest BCUT2D eigenvalue weighted by atomic mass is 32.2. The van der Waals surface area contributed by atoms with Crippen LogP contribution in [0.1, 0.15) is 18.4 Å². The Morgan fingerprint density at radius 2 is 2.29 bits per heavy atom. The van der Waals surface area contributed by atoms with Crippen LogP contribution in [0.5, 0.6) is 0 Å². The van der Waals surface area contributed by atoms with Crippen molar-refractivity contribution in [3.05, 3.63) is 29.8 Å². The molecule has 2 atom stereocenters. The van der Waals surface area contributed by atoms with E-state index < -0.39 is 0 Å². The highest BCUT2D eigenvalue weighted by Gasteiger charge is 2.55. The van der Waals surface area contributed by atoms with Gasteiger partial charge in [0, 0.05) is 10.3 Å². The van der Waals surface area contributed by atoms with Crippen LogP contribution in [0.2, 0.25) is 0 Å². The summed E-state index contributed by atoms with van der Waals surface area (Å²) in [6.45, 7) is 0.860. The van der Waals surface area contributed by atoms with Crippen LogP contribution in [-0.4, -0.2) is 12.3 Å². The summed E-state index contributed by atoms with van der Waals surface area (Å²) in [4.78, 5) is 1.50. The summed E-state index contributed by atoms with van der Waals surface area (Å²) < 4.78 is 0. The molecule has 2 unspecified atom stereocenters. The molecule has 1 aromatic carbocycles. The van der Waals surface area contributed by atoms with E-state index in [0.717, 1.165) is 12.5 Å². The quantitative estimate of drug-likeness (QED) is 0.762. The molecule has 0 amide bonds. The normalized spacial score (nSPS) is 34.2. The van der Waals surface area contributed by atoms with Gasteiger partial charge in [-0.3, -0.25) is 0 Å². The molecule has 0 aromatic heterocycles. The van der Waals surface area contributed by atoms with Gasteiger partial charge < -0.3 is 5.73 Å². The SMILES string of the molecule is NCC1CC12CCSc1ccccc12. The Morgan fingerprint density at radius 3 is 3.07 bits per heavy atom. The van der Waals surface area contributed by atoms with Crippen molar-refractivity contribution in [1.82, 2.24) is 0 Å². The Kier molecular flexibility index (Phi) is 1.89. The predicted octanol–water partition coefficient (Wildman–Crippen LogP) is 2.40. The van der Waals surface area contributed by atoms with E-state index in [4.69, 9.17) is 5.73 Å². The number of nitrogens with two attached hydrogens (primary N) is 1. The van der Waals surface area contributed by atoms with E-state index in [0.29, 0.717) is 5.41 Å². The zero-order valence-corrected chi connectivity index (χ0v) is 9.02. The molecule has 1 aliphatic carbocycles. The first-order valence-corrected chi connectivity index (χ1v) is 6.28. The fourth-order valence-electron chi connectivity index (χ4n) is 2.81. The molecule has 0 saturated heterocycles. The number of benzene rings is 1. The fraction of sp³-hybridized carbons (Fsp3) is 0.500. The second-order valence-corrected chi connectivity index (χ2v) is 5.52. The minimum absolute atomic E-state index is 0.483. The molecule has 1 aliphatic heterocycles. The number of hydrogen-bond donors (Lipinski definition) is 1. The molecule has 1 saturated carbocycles. The molecule has 2 heteroatoms. The molecule has 1 heterocycles. The van der Waals surface area contributed by atoms with Crippen molar-refractivity contribution in [3.63, 3.8) is 0 Å². The molecule has 1 aromatic rings. The van der Waals surface area contributed by atoms with Crippen LogP contribution in [0.25, 0.3) is 0 Å². The number of hydrogen-bond acceptors (Lipinski definition) is 2. The summed E-state index contributed by atoms with van der Waals surface area (Å²) in [5, 5.41) is 0. The first-order chi connectivity index (χ1) is 6.87. The molecule has 14 heavy (non-hydrogen) atoms. The van der Waals surface area contributed by atoms with Gasteiger partial charge in [-0.15, -0.1) is 11.8 Å². The Morgan fingerprint density at radius 1 is 1.43 bits per heavy atom. The van der Waals surface area contributed by atoms with Crippen LogP contribution in [-0.2, 0) is 5.41 Å². The van der Waals surface area contributed by atoms with E-state index in [9.17, 15) is 0 Å². The van der Waals surface area contributed by atoms with E-state index >= 15 is 0 Å². The molecule has 0 bridgehead atoms. The zero-order chi connectivity index (χ0) is 9.60. The highest BCUT2D eigenvalue weighted by molar-refractivity contribution is 7.99. The number of fused-ring (bicyclic) bond motifs is 2. The van der Waals surface area contributed by atoms with Gasteiger partial charge in [0.25, 0.3) is 0 Å². The van der Waals surface area contributed by atoms with Crippen molar-refractivity contribution < 1.29 is 0 Å². The van der Waals surface area contributed by atoms with Crippen molar-refractivity contribution in [2.45, 2.75) is 23.2 Å². The van der Waals surface area contributed by atoms with E-state index in [-0.39, 0.29) is 0 Å². The third-order valence-electron chi connectivity index (χ3n) is 3.75.